The van der Waals surface area contributed by atoms with Crippen molar-refractivity contribution in [3.05, 3.63) is 35.1 Å². The molecule has 2 rings (SSSR count). The molecule has 1 aromatic rings. The minimum Gasteiger partial charge on any atom is -0.326 e. The van der Waals surface area contributed by atoms with Gasteiger partial charge < -0.3 is 5.73 Å². The molecule has 2 atom stereocenters. The monoisotopic (exact) mass is 261 g/mol. The Labute approximate surface area is 113 Å². The van der Waals surface area contributed by atoms with Crippen LogP contribution in [0.25, 0.3) is 0 Å². The van der Waals surface area contributed by atoms with E-state index in [-0.39, 0.29) is 17.6 Å². The van der Waals surface area contributed by atoms with Crippen LogP contribution in [0.1, 0.15) is 43.4 Å². The number of likely N-dealkylation sites (N-methyl/N-ethyl adjacent to an activating group) is 1. The first-order chi connectivity index (χ1) is 9.17. The molecule has 102 valence electrons. The summed E-state index contributed by atoms with van der Waals surface area (Å²) >= 11 is 0. The number of benzene rings is 1. The Kier molecular flexibility index (Phi) is 4.52. The summed E-state index contributed by atoms with van der Waals surface area (Å²) < 4.78 is 13.4. The van der Waals surface area contributed by atoms with Crippen molar-refractivity contribution < 1.29 is 4.39 Å². The van der Waals surface area contributed by atoms with E-state index >= 15 is 0 Å². The molecule has 0 radical (unpaired) electrons. The van der Waals surface area contributed by atoms with E-state index in [1.165, 1.54) is 6.07 Å². The topological polar surface area (TPSA) is 53.0 Å². The molecule has 1 fully saturated rings. The van der Waals surface area contributed by atoms with Crippen molar-refractivity contribution in [3.63, 3.8) is 0 Å². The zero-order valence-corrected chi connectivity index (χ0v) is 11.3. The molecule has 2 unspecified atom stereocenters. The van der Waals surface area contributed by atoms with Gasteiger partial charge in [-0.25, -0.2) is 4.39 Å². The van der Waals surface area contributed by atoms with Crippen molar-refractivity contribution in [2.24, 2.45) is 5.73 Å². The second-order valence-corrected chi connectivity index (χ2v) is 5.08. The SMILES string of the molecule is CCN1CCCCC(N)C1c1ccc(F)c(C#N)c1. The van der Waals surface area contributed by atoms with Crippen LogP contribution in [0.15, 0.2) is 18.2 Å². The van der Waals surface area contributed by atoms with Crippen molar-refractivity contribution in [2.75, 3.05) is 13.1 Å². The third-order valence-corrected chi connectivity index (χ3v) is 3.89. The van der Waals surface area contributed by atoms with Crippen molar-refractivity contribution in [2.45, 2.75) is 38.3 Å². The highest BCUT2D eigenvalue weighted by Gasteiger charge is 2.28. The standard InChI is InChI=1S/C15H20FN3/c1-2-19-8-4-3-5-14(18)15(19)11-6-7-13(16)12(9-11)10-17/h6-7,9,14-15H,2-5,8,18H2,1H3. The molecule has 0 aliphatic carbocycles. The van der Waals surface area contributed by atoms with Crippen molar-refractivity contribution in [1.82, 2.24) is 4.90 Å². The van der Waals surface area contributed by atoms with Crippen LogP contribution in [0.5, 0.6) is 0 Å². The molecule has 1 saturated heterocycles. The summed E-state index contributed by atoms with van der Waals surface area (Å²) in [5, 5.41) is 8.95. The van der Waals surface area contributed by atoms with Gasteiger partial charge in [0.05, 0.1) is 5.56 Å². The van der Waals surface area contributed by atoms with E-state index in [0.29, 0.717) is 0 Å². The maximum Gasteiger partial charge on any atom is 0.140 e. The molecule has 1 heterocycles. The Balaban J connectivity index is 2.38. The van der Waals surface area contributed by atoms with Crippen molar-refractivity contribution in [3.8, 4) is 6.07 Å². The maximum absolute atomic E-state index is 13.4. The summed E-state index contributed by atoms with van der Waals surface area (Å²) in [5.74, 6) is -0.462. The minimum absolute atomic E-state index is 0.0412. The number of nitriles is 1. The van der Waals surface area contributed by atoms with E-state index in [2.05, 4.69) is 11.8 Å². The van der Waals surface area contributed by atoms with E-state index in [1.54, 1.807) is 12.1 Å². The Morgan fingerprint density at radius 2 is 2.26 bits per heavy atom. The highest BCUT2D eigenvalue weighted by Crippen LogP contribution is 2.30. The molecule has 0 saturated carbocycles. The first-order valence-corrected chi connectivity index (χ1v) is 6.86. The number of nitrogens with zero attached hydrogens (tertiary/aromatic N) is 2. The van der Waals surface area contributed by atoms with Gasteiger partial charge in [0, 0.05) is 12.1 Å². The summed E-state index contributed by atoms with van der Waals surface area (Å²) in [4.78, 5) is 2.33. The lowest BCUT2D eigenvalue weighted by molar-refractivity contribution is 0.195. The van der Waals surface area contributed by atoms with E-state index in [0.717, 1.165) is 37.9 Å². The first-order valence-electron chi connectivity index (χ1n) is 6.86. The fourth-order valence-electron chi connectivity index (χ4n) is 2.89. The number of nitrogens with two attached hydrogens (primary N) is 1. The van der Waals surface area contributed by atoms with Crippen LogP contribution < -0.4 is 5.73 Å². The molecule has 2 N–H and O–H groups in total. The van der Waals surface area contributed by atoms with Gasteiger partial charge in [-0.1, -0.05) is 19.4 Å². The normalized spacial score (nSPS) is 24.7. The molecular formula is C15H20FN3. The van der Waals surface area contributed by atoms with Gasteiger partial charge in [0.1, 0.15) is 11.9 Å². The molecule has 1 aliphatic heterocycles. The summed E-state index contributed by atoms with van der Waals surface area (Å²) in [6, 6.07) is 6.81. The van der Waals surface area contributed by atoms with Gasteiger partial charge in [0.15, 0.2) is 0 Å². The minimum atomic E-state index is -0.462. The van der Waals surface area contributed by atoms with Crippen molar-refractivity contribution in [1.29, 1.82) is 5.26 Å². The quantitative estimate of drug-likeness (QED) is 0.890. The molecule has 0 amide bonds. The molecule has 19 heavy (non-hydrogen) atoms. The fourth-order valence-corrected chi connectivity index (χ4v) is 2.89. The molecule has 4 heteroatoms. The predicted molar refractivity (Wildman–Crippen MR) is 72.9 cm³/mol. The number of likely N-dealkylation sites (tertiary alicyclic amines) is 1. The summed E-state index contributed by atoms with van der Waals surface area (Å²) in [6.07, 6.45) is 3.24. The molecule has 3 nitrogen and oxygen atoms in total. The van der Waals surface area contributed by atoms with Crippen LogP contribution in [0.2, 0.25) is 0 Å². The van der Waals surface area contributed by atoms with Gasteiger partial charge in [-0.3, -0.25) is 4.90 Å². The van der Waals surface area contributed by atoms with Crippen LogP contribution >= 0.6 is 0 Å². The van der Waals surface area contributed by atoms with Crippen LogP contribution in [0, 0.1) is 17.1 Å². The Morgan fingerprint density at radius 3 is 2.95 bits per heavy atom. The molecule has 0 bridgehead atoms. The van der Waals surface area contributed by atoms with Gasteiger partial charge in [0.2, 0.25) is 0 Å². The van der Waals surface area contributed by atoms with Crippen LogP contribution in [-0.2, 0) is 0 Å². The zero-order chi connectivity index (χ0) is 13.8. The predicted octanol–water partition coefficient (Wildman–Crippen LogP) is 2.57. The summed E-state index contributed by atoms with van der Waals surface area (Å²) in [5.41, 5.74) is 7.34. The highest BCUT2D eigenvalue weighted by atomic mass is 19.1. The van der Waals surface area contributed by atoms with Gasteiger partial charge in [0.25, 0.3) is 0 Å². The number of hydrogen-bond donors (Lipinski definition) is 1. The third-order valence-electron chi connectivity index (χ3n) is 3.89. The van der Waals surface area contributed by atoms with E-state index < -0.39 is 5.82 Å². The van der Waals surface area contributed by atoms with Gasteiger partial charge >= 0.3 is 0 Å². The van der Waals surface area contributed by atoms with Gasteiger partial charge in [-0.05, 0) is 43.6 Å². The Hall–Kier alpha value is -1.44. The smallest absolute Gasteiger partial charge is 0.140 e. The van der Waals surface area contributed by atoms with Gasteiger partial charge in [-0.15, -0.1) is 0 Å². The van der Waals surface area contributed by atoms with Crippen LogP contribution in [0.4, 0.5) is 4.39 Å². The number of halogens is 1. The zero-order valence-electron chi connectivity index (χ0n) is 11.3. The van der Waals surface area contributed by atoms with E-state index in [9.17, 15) is 4.39 Å². The fraction of sp³-hybridized carbons (Fsp3) is 0.533. The second-order valence-electron chi connectivity index (χ2n) is 5.08. The largest absolute Gasteiger partial charge is 0.326 e. The van der Waals surface area contributed by atoms with E-state index in [1.807, 2.05) is 6.07 Å². The first kappa shape index (κ1) is 14.0. The van der Waals surface area contributed by atoms with Crippen LogP contribution in [-0.4, -0.2) is 24.0 Å². The lowest BCUT2D eigenvalue weighted by Crippen LogP contribution is -2.39. The molecule has 0 spiro atoms. The number of hydrogen-bond acceptors (Lipinski definition) is 3. The average molecular weight is 261 g/mol. The van der Waals surface area contributed by atoms with E-state index in [4.69, 9.17) is 11.0 Å². The third kappa shape index (κ3) is 2.94. The lowest BCUT2D eigenvalue weighted by atomic mass is 9.95. The summed E-state index contributed by atoms with van der Waals surface area (Å²) in [6.45, 7) is 4.03. The second kappa shape index (κ2) is 6.14. The highest BCUT2D eigenvalue weighted by molar-refractivity contribution is 5.36. The van der Waals surface area contributed by atoms with Gasteiger partial charge in [-0.2, -0.15) is 5.26 Å². The molecule has 1 aliphatic rings. The Bertz CT molecular complexity index is 481. The number of rotatable bonds is 2. The maximum atomic E-state index is 13.4. The summed E-state index contributed by atoms with van der Waals surface area (Å²) in [7, 11) is 0. The Morgan fingerprint density at radius 1 is 1.47 bits per heavy atom. The average Bonchev–Trinajstić information content (AvgIpc) is 2.61. The molecule has 1 aromatic carbocycles. The molecule has 0 aromatic heterocycles. The molecular weight excluding hydrogens is 241 g/mol. The van der Waals surface area contributed by atoms with Crippen molar-refractivity contribution >= 4 is 0 Å². The lowest BCUT2D eigenvalue weighted by Gasteiger charge is -2.33. The van der Waals surface area contributed by atoms with Crippen LogP contribution in [0.3, 0.4) is 0 Å².